The van der Waals surface area contributed by atoms with Crippen molar-refractivity contribution >= 4 is 0 Å². The molecule has 2 nitrogen and oxygen atoms in total. The van der Waals surface area contributed by atoms with Gasteiger partial charge in [-0.05, 0) is 13.3 Å². The van der Waals surface area contributed by atoms with Crippen LogP contribution in [0.25, 0.3) is 0 Å². The van der Waals surface area contributed by atoms with E-state index in [1.54, 1.807) is 0 Å². The van der Waals surface area contributed by atoms with Crippen LogP contribution in [0.4, 0.5) is 0 Å². The molecule has 0 amide bonds. The Labute approximate surface area is 69.6 Å². The standard InChI is InChI=1S/C9H20O2/c1-3-4-5-6-7-11-9(2)8-10/h9-10H,3-8H2,1-2H3/t9-/m1/s1. The van der Waals surface area contributed by atoms with Gasteiger partial charge in [-0.15, -0.1) is 0 Å². The van der Waals surface area contributed by atoms with E-state index in [0.717, 1.165) is 13.0 Å². The molecule has 0 aliphatic carbocycles. The van der Waals surface area contributed by atoms with Gasteiger partial charge in [-0.3, -0.25) is 0 Å². The van der Waals surface area contributed by atoms with Crippen LogP contribution in [-0.4, -0.2) is 24.4 Å². The molecule has 0 aliphatic rings. The molecule has 0 bridgehead atoms. The van der Waals surface area contributed by atoms with Gasteiger partial charge in [0.1, 0.15) is 0 Å². The molecule has 0 aromatic rings. The number of rotatable bonds is 7. The Morgan fingerprint density at radius 2 is 2.00 bits per heavy atom. The molecule has 2 heteroatoms. The normalized spacial score (nSPS) is 13.4. The largest absolute Gasteiger partial charge is 0.394 e. The Balaban J connectivity index is 2.89. The molecule has 0 radical (unpaired) electrons. The summed E-state index contributed by atoms with van der Waals surface area (Å²) in [6, 6.07) is 0. The number of hydrogen-bond donors (Lipinski definition) is 1. The maximum Gasteiger partial charge on any atom is 0.0777 e. The van der Waals surface area contributed by atoms with E-state index >= 15 is 0 Å². The van der Waals surface area contributed by atoms with Gasteiger partial charge in [0.15, 0.2) is 0 Å². The third-order valence-electron chi connectivity index (χ3n) is 1.66. The Kier molecular flexibility index (Phi) is 7.96. The minimum Gasteiger partial charge on any atom is -0.394 e. The van der Waals surface area contributed by atoms with Gasteiger partial charge < -0.3 is 9.84 Å². The monoisotopic (exact) mass is 160 g/mol. The molecule has 0 fully saturated rings. The summed E-state index contributed by atoms with van der Waals surface area (Å²) in [5.74, 6) is 0. The van der Waals surface area contributed by atoms with Crippen molar-refractivity contribution in [3.05, 3.63) is 0 Å². The highest BCUT2D eigenvalue weighted by molar-refractivity contribution is 4.45. The van der Waals surface area contributed by atoms with E-state index in [4.69, 9.17) is 9.84 Å². The predicted molar refractivity (Wildman–Crippen MR) is 46.6 cm³/mol. The van der Waals surface area contributed by atoms with Gasteiger partial charge in [0, 0.05) is 6.61 Å². The van der Waals surface area contributed by atoms with Crippen LogP contribution in [-0.2, 0) is 4.74 Å². The molecule has 68 valence electrons. The number of aliphatic hydroxyl groups is 1. The average Bonchev–Trinajstić information content (AvgIpc) is 2.04. The number of unbranched alkanes of at least 4 members (excludes halogenated alkanes) is 3. The van der Waals surface area contributed by atoms with Crippen molar-refractivity contribution in [3.63, 3.8) is 0 Å². The minimum atomic E-state index is 0.0108. The fraction of sp³-hybridized carbons (Fsp3) is 1.00. The first-order valence-corrected chi connectivity index (χ1v) is 4.53. The summed E-state index contributed by atoms with van der Waals surface area (Å²) >= 11 is 0. The summed E-state index contributed by atoms with van der Waals surface area (Å²) in [5.41, 5.74) is 0. The van der Waals surface area contributed by atoms with Gasteiger partial charge >= 0.3 is 0 Å². The van der Waals surface area contributed by atoms with Crippen LogP contribution in [0.15, 0.2) is 0 Å². The van der Waals surface area contributed by atoms with Crippen molar-refractivity contribution in [1.82, 2.24) is 0 Å². The molecule has 0 saturated carbocycles. The van der Waals surface area contributed by atoms with E-state index in [2.05, 4.69) is 6.92 Å². The van der Waals surface area contributed by atoms with Gasteiger partial charge in [-0.1, -0.05) is 26.2 Å². The zero-order chi connectivity index (χ0) is 8.53. The maximum atomic E-state index is 8.61. The minimum absolute atomic E-state index is 0.0108. The zero-order valence-electron chi connectivity index (χ0n) is 7.68. The van der Waals surface area contributed by atoms with Crippen molar-refractivity contribution in [1.29, 1.82) is 0 Å². The van der Waals surface area contributed by atoms with E-state index in [0.29, 0.717) is 0 Å². The van der Waals surface area contributed by atoms with E-state index in [1.165, 1.54) is 19.3 Å². The first-order valence-electron chi connectivity index (χ1n) is 4.53. The molecule has 0 heterocycles. The van der Waals surface area contributed by atoms with Gasteiger partial charge in [0.2, 0.25) is 0 Å². The van der Waals surface area contributed by atoms with Crippen molar-refractivity contribution in [2.45, 2.75) is 45.6 Å². The van der Waals surface area contributed by atoms with Crippen LogP contribution < -0.4 is 0 Å². The number of ether oxygens (including phenoxy) is 1. The molecular weight excluding hydrogens is 140 g/mol. The molecule has 1 N–H and O–H groups in total. The van der Waals surface area contributed by atoms with E-state index in [-0.39, 0.29) is 12.7 Å². The zero-order valence-corrected chi connectivity index (χ0v) is 7.68. The second kappa shape index (κ2) is 8.02. The molecule has 0 aromatic heterocycles. The molecule has 0 spiro atoms. The van der Waals surface area contributed by atoms with Gasteiger partial charge in [0.25, 0.3) is 0 Å². The van der Waals surface area contributed by atoms with Crippen LogP contribution in [0.5, 0.6) is 0 Å². The molecule has 0 rings (SSSR count). The van der Waals surface area contributed by atoms with Crippen LogP contribution in [0.1, 0.15) is 39.5 Å². The number of hydrogen-bond acceptors (Lipinski definition) is 2. The third kappa shape index (κ3) is 7.82. The van der Waals surface area contributed by atoms with Gasteiger partial charge in [0.05, 0.1) is 12.7 Å². The average molecular weight is 160 g/mol. The third-order valence-corrected chi connectivity index (χ3v) is 1.66. The van der Waals surface area contributed by atoms with E-state index < -0.39 is 0 Å². The fourth-order valence-corrected chi connectivity index (χ4v) is 0.866. The lowest BCUT2D eigenvalue weighted by molar-refractivity contribution is 0.0231. The second-order valence-corrected chi connectivity index (χ2v) is 2.92. The Hall–Kier alpha value is -0.0800. The Bertz CT molecular complexity index is 74.0. The Morgan fingerprint density at radius 1 is 1.27 bits per heavy atom. The van der Waals surface area contributed by atoms with Crippen LogP contribution in [0.2, 0.25) is 0 Å². The summed E-state index contributed by atoms with van der Waals surface area (Å²) in [7, 11) is 0. The summed E-state index contributed by atoms with van der Waals surface area (Å²) in [6.07, 6.45) is 4.93. The lowest BCUT2D eigenvalue weighted by Gasteiger charge is -2.08. The summed E-state index contributed by atoms with van der Waals surface area (Å²) < 4.78 is 5.29. The first kappa shape index (κ1) is 10.9. The molecule has 11 heavy (non-hydrogen) atoms. The quantitative estimate of drug-likeness (QED) is 0.577. The highest BCUT2D eigenvalue weighted by Gasteiger charge is 1.97. The van der Waals surface area contributed by atoms with Crippen molar-refractivity contribution in [2.24, 2.45) is 0 Å². The maximum absolute atomic E-state index is 8.61. The Morgan fingerprint density at radius 3 is 2.55 bits per heavy atom. The molecule has 1 atom stereocenters. The van der Waals surface area contributed by atoms with Crippen LogP contribution in [0.3, 0.4) is 0 Å². The molecule has 0 aromatic carbocycles. The molecular formula is C9H20O2. The van der Waals surface area contributed by atoms with Gasteiger partial charge in [-0.2, -0.15) is 0 Å². The predicted octanol–water partition coefficient (Wildman–Crippen LogP) is 1.96. The van der Waals surface area contributed by atoms with Gasteiger partial charge in [-0.25, -0.2) is 0 Å². The van der Waals surface area contributed by atoms with Crippen molar-refractivity contribution < 1.29 is 9.84 Å². The molecule has 0 unspecified atom stereocenters. The molecule has 0 saturated heterocycles. The van der Waals surface area contributed by atoms with E-state index in [1.807, 2.05) is 6.92 Å². The lowest BCUT2D eigenvalue weighted by atomic mass is 10.2. The second-order valence-electron chi connectivity index (χ2n) is 2.92. The van der Waals surface area contributed by atoms with Crippen LogP contribution in [0, 0.1) is 0 Å². The molecule has 0 aliphatic heterocycles. The van der Waals surface area contributed by atoms with Crippen molar-refractivity contribution in [2.75, 3.05) is 13.2 Å². The number of aliphatic hydroxyl groups excluding tert-OH is 1. The summed E-state index contributed by atoms with van der Waals surface area (Å²) in [6.45, 7) is 5.01. The first-order chi connectivity index (χ1) is 5.31. The van der Waals surface area contributed by atoms with Crippen LogP contribution >= 0.6 is 0 Å². The topological polar surface area (TPSA) is 29.5 Å². The highest BCUT2D eigenvalue weighted by atomic mass is 16.5. The SMILES string of the molecule is CCCCCCO[C@H](C)CO. The smallest absolute Gasteiger partial charge is 0.0777 e. The van der Waals surface area contributed by atoms with Crippen molar-refractivity contribution in [3.8, 4) is 0 Å². The van der Waals surface area contributed by atoms with E-state index in [9.17, 15) is 0 Å². The summed E-state index contributed by atoms with van der Waals surface area (Å²) in [5, 5.41) is 8.61. The highest BCUT2D eigenvalue weighted by Crippen LogP contribution is 2.00. The lowest BCUT2D eigenvalue weighted by Crippen LogP contribution is -2.13. The summed E-state index contributed by atoms with van der Waals surface area (Å²) in [4.78, 5) is 0. The fourth-order valence-electron chi connectivity index (χ4n) is 0.866.